The molecule has 2 aromatic carbocycles. The van der Waals surface area contributed by atoms with Crippen LogP contribution in [0, 0.1) is 10.1 Å². The number of hydrogen-bond donors (Lipinski definition) is 0. The van der Waals surface area contributed by atoms with Crippen LogP contribution in [0.25, 0.3) is 0 Å². The van der Waals surface area contributed by atoms with Crippen LogP contribution in [-0.4, -0.2) is 4.92 Å². The lowest BCUT2D eigenvalue weighted by Gasteiger charge is -2.11. The number of nitro groups is 1. The Bertz CT molecular complexity index is 664. The van der Waals surface area contributed by atoms with E-state index in [9.17, 15) is 10.1 Å². The van der Waals surface area contributed by atoms with Gasteiger partial charge in [-0.3, -0.25) is 10.1 Å². The van der Waals surface area contributed by atoms with Crippen molar-refractivity contribution < 1.29 is 9.66 Å². The zero-order valence-electron chi connectivity index (χ0n) is 9.98. The Morgan fingerprint density at radius 2 is 2.00 bits per heavy atom. The molecule has 0 saturated heterocycles. The summed E-state index contributed by atoms with van der Waals surface area (Å²) in [4.78, 5) is 10.3. The maximum atomic E-state index is 10.8. The van der Waals surface area contributed by atoms with Gasteiger partial charge in [0.15, 0.2) is 0 Å². The summed E-state index contributed by atoms with van der Waals surface area (Å²) in [5.41, 5.74) is 0.576. The van der Waals surface area contributed by atoms with Gasteiger partial charge in [0.05, 0.1) is 21.3 Å². The van der Waals surface area contributed by atoms with Gasteiger partial charge in [-0.25, -0.2) is 0 Å². The maximum absolute atomic E-state index is 10.8. The van der Waals surface area contributed by atoms with E-state index in [2.05, 4.69) is 15.9 Å². The number of hydrogen-bond acceptors (Lipinski definition) is 3. The van der Waals surface area contributed by atoms with Crippen molar-refractivity contribution in [2.24, 2.45) is 0 Å². The third kappa shape index (κ3) is 3.23. The first-order valence-electron chi connectivity index (χ1n) is 5.48. The van der Waals surface area contributed by atoms with Crippen LogP contribution in [0.4, 0.5) is 5.69 Å². The highest BCUT2D eigenvalue weighted by Gasteiger charge is 2.14. The molecular weight excluding hydrogens is 369 g/mol. The van der Waals surface area contributed by atoms with E-state index < -0.39 is 4.92 Å². The first-order chi connectivity index (χ1) is 9.52. The molecule has 0 bridgehead atoms. The van der Waals surface area contributed by atoms with Crippen molar-refractivity contribution in [1.82, 2.24) is 0 Å². The third-order valence-electron chi connectivity index (χ3n) is 2.56. The second-order valence-corrected chi connectivity index (χ2v) is 5.35. The van der Waals surface area contributed by atoms with E-state index in [0.717, 1.165) is 0 Å². The Balaban J connectivity index is 2.42. The van der Waals surface area contributed by atoms with Crippen LogP contribution in [-0.2, 0) is 5.88 Å². The van der Waals surface area contributed by atoms with E-state index in [1.165, 1.54) is 12.1 Å². The molecule has 2 aromatic rings. The van der Waals surface area contributed by atoms with Gasteiger partial charge in [0.1, 0.15) is 11.5 Å². The lowest BCUT2D eigenvalue weighted by molar-refractivity contribution is -0.384. The molecule has 0 amide bonds. The van der Waals surface area contributed by atoms with Gasteiger partial charge in [0.2, 0.25) is 0 Å². The molecule has 0 radical (unpaired) electrons. The molecule has 104 valence electrons. The molecule has 4 nitrogen and oxygen atoms in total. The number of rotatable bonds is 4. The number of non-ortho nitro benzene ring substituents is 1. The average molecular weight is 377 g/mol. The lowest BCUT2D eigenvalue weighted by atomic mass is 10.2. The van der Waals surface area contributed by atoms with Crippen LogP contribution < -0.4 is 4.74 Å². The topological polar surface area (TPSA) is 52.4 Å². The molecule has 0 fully saturated rings. The Morgan fingerprint density at radius 3 is 2.65 bits per heavy atom. The first-order valence-corrected chi connectivity index (χ1v) is 7.18. The molecule has 0 atom stereocenters. The van der Waals surface area contributed by atoms with E-state index in [-0.39, 0.29) is 11.6 Å². The lowest BCUT2D eigenvalue weighted by Crippen LogP contribution is -1.93. The average Bonchev–Trinajstić information content (AvgIpc) is 2.41. The fourth-order valence-electron chi connectivity index (χ4n) is 1.57. The Labute approximate surface area is 133 Å². The molecule has 20 heavy (non-hydrogen) atoms. The molecule has 0 spiro atoms. The van der Waals surface area contributed by atoms with Gasteiger partial charge in [-0.2, -0.15) is 0 Å². The zero-order valence-corrected chi connectivity index (χ0v) is 13.1. The van der Waals surface area contributed by atoms with Crippen molar-refractivity contribution >= 4 is 44.8 Å². The highest BCUT2D eigenvalue weighted by Crippen LogP contribution is 2.36. The standard InChI is InChI=1S/C13H8BrCl2NO3/c14-10-5-4-8(17(18)19)6-13(10)20-12-3-1-2-11(16)9(12)7-15/h1-6H,7H2. The predicted molar refractivity (Wildman–Crippen MR) is 81.9 cm³/mol. The summed E-state index contributed by atoms with van der Waals surface area (Å²) in [5, 5.41) is 11.3. The molecule has 0 saturated carbocycles. The summed E-state index contributed by atoms with van der Waals surface area (Å²) in [6.07, 6.45) is 0. The van der Waals surface area contributed by atoms with Crippen molar-refractivity contribution in [3.8, 4) is 11.5 Å². The van der Waals surface area contributed by atoms with Gasteiger partial charge in [-0.15, -0.1) is 11.6 Å². The van der Waals surface area contributed by atoms with Crippen LogP contribution in [0.15, 0.2) is 40.9 Å². The highest BCUT2D eigenvalue weighted by atomic mass is 79.9. The van der Waals surface area contributed by atoms with Crippen molar-refractivity contribution in [3.05, 3.63) is 61.6 Å². The van der Waals surface area contributed by atoms with E-state index in [0.29, 0.717) is 26.6 Å². The molecule has 2 rings (SSSR count). The van der Waals surface area contributed by atoms with Crippen LogP contribution >= 0.6 is 39.1 Å². The second-order valence-electron chi connectivity index (χ2n) is 3.82. The number of alkyl halides is 1. The van der Waals surface area contributed by atoms with E-state index in [4.69, 9.17) is 27.9 Å². The molecule has 0 N–H and O–H groups in total. The molecule has 0 aromatic heterocycles. The van der Waals surface area contributed by atoms with E-state index in [1.54, 1.807) is 24.3 Å². The molecular formula is C13H8BrCl2NO3. The monoisotopic (exact) mass is 375 g/mol. The second kappa shape index (κ2) is 6.43. The predicted octanol–water partition coefficient (Wildman–Crippen LogP) is 5.54. The fourth-order valence-corrected chi connectivity index (χ4v) is 2.47. The van der Waals surface area contributed by atoms with Gasteiger partial charge in [0, 0.05) is 16.7 Å². The summed E-state index contributed by atoms with van der Waals surface area (Å²) in [5.74, 6) is 0.975. The highest BCUT2D eigenvalue weighted by molar-refractivity contribution is 9.10. The molecule has 0 unspecified atom stereocenters. The molecule has 7 heteroatoms. The number of nitro benzene ring substituents is 1. The summed E-state index contributed by atoms with van der Waals surface area (Å²) in [6.45, 7) is 0. The summed E-state index contributed by atoms with van der Waals surface area (Å²) >= 11 is 15.2. The SMILES string of the molecule is O=[N+]([O-])c1ccc(Br)c(Oc2cccc(Cl)c2CCl)c1. The van der Waals surface area contributed by atoms with Gasteiger partial charge in [-0.05, 0) is 34.1 Å². The third-order valence-corrected chi connectivity index (χ3v) is 3.83. The van der Waals surface area contributed by atoms with Crippen LogP contribution in [0.1, 0.15) is 5.56 Å². The largest absolute Gasteiger partial charge is 0.456 e. The maximum Gasteiger partial charge on any atom is 0.273 e. The van der Waals surface area contributed by atoms with Crippen molar-refractivity contribution in [2.75, 3.05) is 0 Å². The summed E-state index contributed by atoms with van der Waals surface area (Å²) in [6, 6.07) is 9.40. The van der Waals surface area contributed by atoms with Gasteiger partial charge in [-0.1, -0.05) is 17.7 Å². The first kappa shape index (κ1) is 15.1. The number of benzene rings is 2. The Kier molecular flexibility index (Phi) is 4.86. The number of nitrogens with zero attached hydrogens (tertiary/aromatic N) is 1. The molecule has 0 aliphatic heterocycles. The molecule has 0 aliphatic rings. The van der Waals surface area contributed by atoms with E-state index in [1.807, 2.05) is 0 Å². The minimum absolute atomic E-state index is 0.0577. The van der Waals surface area contributed by atoms with Gasteiger partial charge in [0.25, 0.3) is 5.69 Å². The van der Waals surface area contributed by atoms with Crippen LogP contribution in [0.3, 0.4) is 0 Å². The zero-order chi connectivity index (χ0) is 14.7. The minimum Gasteiger partial charge on any atom is -0.456 e. The molecule has 0 aliphatic carbocycles. The van der Waals surface area contributed by atoms with Crippen molar-refractivity contribution in [3.63, 3.8) is 0 Å². The van der Waals surface area contributed by atoms with Gasteiger partial charge >= 0.3 is 0 Å². The van der Waals surface area contributed by atoms with Crippen molar-refractivity contribution in [2.45, 2.75) is 5.88 Å². The summed E-state index contributed by atoms with van der Waals surface area (Å²) in [7, 11) is 0. The van der Waals surface area contributed by atoms with Gasteiger partial charge < -0.3 is 4.74 Å². The Morgan fingerprint density at radius 1 is 1.25 bits per heavy atom. The number of halogens is 3. The van der Waals surface area contributed by atoms with E-state index >= 15 is 0 Å². The fraction of sp³-hybridized carbons (Fsp3) is 0.0769. The number of ether oxygens (including phenoxy) is 1. The van der Waals surface area contributed by atoms with Crippen LogP contribution in [0.2, 0.25) is 5.02 Å². The van der Waals surface area contributed by atoms with Crippen LogP contribution in [0.5, 0.6) is 11.5 Å². The Hall–Kier alpha value is -1.30. The smallest absolute Gasteiger partial charge is 0.273 e. The normalized spacial score (nSPS) is 10.3. The summed E-state index contributed by atoms with van der Waals surface area (Å²) < 4.78 is 6.28. The molecule has 0 heterocycles. The quantitative estimate of drug-likeness (QED) is 0.399. The minimum atomic E-state index is -0.486. The van der Waals surface area contributed by atoms with Crippen molar-refractivity contribution in [1.29, 1.82) is 0 Å².